The van der Waals surface area contributed by atoms with Gasteiger partial charge in [-0.3, -0.25) is 9.78 Å². The summed E-state index contributed by atoms with van der Waals surface area (Å²) in [6.07, 6.45) is 6.22. The Morgan fingerprint density at radius 3 is 2.74 bits per heavy atom. The van der Waals surface area contributed by atoms with E-state index in [-0.39, 0.29) is 18.0 Å². The molecule has 1 saturated carbocycles. The molecular weight excluding hydrogens is 292 g/mol. The average Bonchev–Trinajstić information content (AvgIpc) is 3.12. The van der Waals surface area contributed by atoms with Gasteiger partial charge in [0.2, 0.25) is 0 Å². The normalized spacial score (nSPS) is 23.9. The Kier molecular flexibility index (Phi) is 4.17. The third kappa shape index (κ3) is 2.74. The van der Waals surface area contributed by atoms with Crippen molar-refractivity contribution in [2.75, 3.05) is 7.05 Å². The van der Waals surface area contributed by atoms with Crippen LogP contribution < -0.4 is 0 Å². The van der Waals surface area contributed by atoms with Crippen molar-refractivity contribution >= 4 is 5.91 Å². The van der Waals surface area contributed by atoms with Gasteiger partial charge >= 0.3 is 0 Å². The molecule has 0 spiro atoms. The van der Waals surface area contributed by atoms with Crippen LogP contribution >= 0.6 is 0 Å². The minimum atomic E-state index is -0.610. The summed E-state index contributed by atoms with van der Waals surface area (Å²) in [5, 5.41) is 10.7. The van der Waals surface area contributed by atoms with Crippen molar-refractivity contribution in [1.29, 1.82) is 0 Å². The first kappa shape index (κ1) is 15.7. The highest BCUT2D eigenvalue weighted by Gasteiger charge is 2.40. The molecule has 6 nitrogen and oxygen atoms in total. The zero-order valence-electron chi connectivity index (χ0n) is 13.7. The fourth-order valence-electron chi connectivity index (χ4n) is 3.43. The molecule has 6 heteroatoms. The number of hydrogen-bond donors (Lipinski definition) is 1. The third-order valence-electron chi connectivity index (χ3n) is 4.80. The molecule has 1 aliphatic rings. The summed E-state index contributed by atoms with van der Waals surface area (Å²) in [5.74, 6) is 0.736. The Labute approximate surface area is 135 Å². The molecule has 0 bridgehead atoms. The maximum absolute atomic E-state index is 12.7. The number of nitrogens with zero attached hydrogens (tertiary/aromatic N) is 4. The number of imidazole rings is 1. The number of pyridine rings is 1. The third-order valence-corrected chi connectivity index (χ3v) is 4.80. The van der Waals surface area contributed by atoms with Crippen molar-refractivity contribution in [2.45, 2.75) is 44.9 Å². The molecule has 23 heavy (non-hydrogen) atoms. The summed E-state index contributed by atoms with van der Waals surface area (Å²) in [5.41, 5.74) is 1.29. The van der Waals surface area contributed by atoms with Crippen LogP contribution in [0.2, 0.25) is 0 Å². The first-order valence-corrected chi connectivity index (χ1v) is 7.87. The molecule has 1 aliphatic carbocycles. The van der Waals surface area contributed by atoms with E-state index >= 15 is 0 Å². The first-order valence-electron chi connectivity index (χ1n) is 7.87. The molecule has 0 aromatic carbocycles. The van der Waals surface area contributed by atoms with E-state index in [1.54, 1.807) is 24.3 Å². The number of amides is 1. The number of aryl methyl sites for hydroxylation is 2. The number of aromatic nitrogens is 3. The lowest BCUT2D eigenvalue weighted by Crippen LogP contribution is -2.44. The minimum absolute atomic E-state index is 0.0393. The summed E-state index contributed by atoms with van der Waals surface area (Å²) in [6.45, 7) is 3.79. The van der Waals surface area contributed by atoms with Gasteiger partial charge in [-0.1, -0.05) is 6.07 Å². The highest BCUT2D eigenvalue weighted by molar-refractivity contribution is 5.93. The molecule has 1 amide bonds. The molecule has 3 atom stereocenters. The highest BCUT2D eigenvalue weighted by atomic mass is 16.3. The fraction of sp³-hybridized carbons (Fsp3) is 0.471. The van der Waals surface area contributed by atoms with Crippen molar-refractivity contribution in [3.05, 3.63) is 47.8 Å². The maximum Gasteiger partial charge on any atom is 0.272 e. The standard InChI is InChI=1S/C17H22N4O2/c1-11-5-4-8-19-15(11)17(23)20(3)13-6-7-14(16(13)22)21-10-9-18-12(21)2/h4-5,8-10,13-14,16,22H,6-7H2,1-3H3/t13-,14-,16-/m1/s1. The summed E-state index contributed by atoms with van der Waals surface area (Å²) >= 11 is 0. The number of likely N-dealkylation sites (N-methyl/N-ethyl adjacent to an activating group) is 1. The van der Waals surface area contributed by atoms with E-state index in [0.717, 1.165) is 24.2 Å². The predicted octanol–water partition coefficient (Wildman–Crippen LogP) is 1.73. The summed E-state index contributed by atoms with van der Waals surface area (Å²) in [6, 6.07) is 3.43. The molecule has 2 aromatic rings. The van der Waals surface area contributed by atoms with E-state index in [1.807, 2.05) is 36.7 Å². The molecular formula is C17H22N4O2. The summed E-state index contributed by atoms with van der Waals surface area (Å²) in [7, 11) is 1.74. The van der Waals surface area contributed by atoms with Gasteiger partial charge in [-0.25, -0.2) is 4.98 Å². The number of rotatable bonds is 3. The van der Waals surface area contributed by atoms with Gasteiger partial charge in [0, 0.05) is 25.6 Å². The number of aliphatic hydroxyl groups is 1. The van der Waals surface area contributed by atoms with Gasteiger partial charge < -0.3 is 14.6 Å². The molecule has 122 valence electrons. The first-order chi connectivity index (χ1) is 11.0. The number of hydrogen-bond acceptors (Lipinski definition) is 4. The lowest BCUT2D eigenvalue weighted by molar-refractivity contribution is 0.0436. The lowest BCUT2D eigenvalue weighted by Gasteiger charge is -2.29. The summed E-state index contributed by atoms with van der Waals surface area (Å²) < 4.78 is 2.00. The molecule has 0 saturated heterocycles. The lowest BCUT2D eigenvalue weighted by atomic mass is 10.1. The van der Waals surface area contributed by atoms with Gasteiger partial charge in [0.15, 0.2) is 0 Å². The van der Waals surface area contributed by atoms with Gasteiger partial charge in [-0.15, -0.1) is 0 Å². The van der Waals surface area contributed by atoms with Crippen LogP contribution in [0.25, 0.3) is 0 Å². The number of carbonyl (C=O) groups excluding carboxylic acids is 1. The average molecular weight is 314 g/mol. The topological polar surface area (TPSA) is 71.2 Å². The quantitative estimate of drug-likeness (QED) is 0.936. The van der Waals surface area contributed by atoms with Crippen LogP contribution in [-0.2, 0) is 0 Å². The van der Waals surface area contributed by atoms with Crippen molar-refractivity contribution in [3.63, 3.8) is 0 Å². The number of carbonyl (C=O) groups is 1. The Morgan fingerprint density at radius 1 is 1.30 bits per heavy atom. The van der Waals surface area contributed by atoms with Crippen LogP contribution in [0.1, 0.15) is 40.8 Å². The van der Waals surface area contributed by atoms with Gasteiger partial charge in [-0.2, -0.15) is 0 Å². The van der Waals surface area contributed by atoms with Crippen molar-refractivity contribution in [2.24, 2.45) is 0 Å². The van der Waals surface area contributed by atoms with E-state index in [4.69, 9.17) is 0 Å². The predicted molar refractivity (Wildman–Crippen MR) is 86.1 cm³/mol. The van der Waals surface area contributed by atoms with Crippen molar-refractivity contribution in [3.8, 4) is 0 Å². The second-order valence-electron chi connectivity index (χ2n) is 6.17. The molecule has 3 rings (SSSR count). The second-order valence-corrected chi connectivity index (χ2v) is 6.17. The molecule has 1 N–H and O–H groups in total. The molecule has 2 aromatic heterocycles. The minimum Gasteiger partial charge on any atom is -0.389 e. The van der Waals surface area contributed by atoms with Crippen molar-refractivity contribution < 1.29 is 9.90 Å². The Morgan fingerprint density at radius 2 is 2.09 bits per heavy atom. The fourth-order valence-corrected chi connectivity index (χ4v) is 3.43. The van der Waals surface area contributed by atoms with Gasteiger partial charge in [0.1, 0.15) is 11.5 Å². The van der Waals surface area contributed by atoms with Crippen LogP contribution in [0.4, 0.5) is 0 Å². The second kappa shape index (κ2) is 6.12. The SMILES string of the molecule is Cc1cccnc1C(=O)N(C)[C@@H]1CC[C@@H](n2ccnc2C)[C@@H]1O. The largest absolute Gasteiger partial charge is 0.389 e. The molecule has 1 fully saturated rings. The Balaban J connectivity index is 1.79. The van der Waals surface area contributed by atoms with Crippen LogP contribution in [0.5, 0.6) is 0 Å². The van der Waals surface area contributed by atoms with Crippen LogP contribution in [0.15, 0.2) is 30.7 Å². The monoisotopic (exact) mass is 314 g/mol. The van der Waals surface area contributed by atoms with Crippen LogP contribution in [0, 0.1) is 13.8 Å². The van der Waals surface area contributed by atoms with Crippen molar-refractivity contribution in [1.82, 2.24) is 19.4 Å². The maximum atomic E-state index is 12.7. The Hall–Kier alpha value is -2.21. The van der Waals surface area contributed by atoms with E-state index in [2.05, 4.69) is 9.97 Å². The number of aliphatic hydroxyl groups excluding tert-OH is 1. The molecule has 0 aliphatic heterocycles. The Bertz CT molecular complexity index is 712. The molecule has 0 radical (unpaired) electrons. The van der Waals surface area contributed by atoms with Gasteiger partial charge in [0.05, 0.1) is 18.2 Å². The van der Waals surface area contributed by atoms with Crippen LogP contribution in [-0.4, -0.2) is 49.6 Å². The zero-order chi connectivity index (χ0) is 16.6. The summed E-state index contributed by atoms with van der Waals surface area (Å²) in [4.78, 5) is 22.7. The van der Waals surface area contributed by atoms with Gasteiger partial charge in [0.25, 0.3) is 5.91 Å². The molecule has 2 heterocycles. The van der Waals surface area contributed by atoms with Gasteiger partial charge in [-0.05, 0) is 38.3 Å². The van der Waals surface area contributed by atoms with E-state index in [1.165, 1.54) is 0 Å². The zero-order valence-corrected chi connectivity index (χ0v) is 13.7. The molecule has 0 unspecified atom stereocenters. The smallest absolute Gasteiger partial charge is 0.272 e. The van der Waals surface area contributed by atoms with E-state index in [0.29, 0.717) is 5.69 Å². The van der Waals surface area contributed by atoms with E-state index < -0.39 is 6.10 Å². The van der Waals surface area contributed by atoms with Crippen LogP contribution in [0.3, 0.4) is 0 Å². The highest BCUT2D eigenvalue weighted by Crippen LogP contribution is 2.34. The van der Waals surface area contributed by atoms with E-state index in [9.17, 15) is 9.90 Å².